The molecule has 4 rings (SSSR count). The maximum absolute atomic E-state index is 13.3. The molecule has 1 aliphatic carbocycles. The monoisotopic (exact) mass is 369 g/mol. The fraction of sp³-hybridized carbons (Fsp3) is 0.182. The Morgan fingerprint density at radius 1 is 1.04 bits per heavy atom. The molecule has 27 heavy (non-hydrogen) atoms. The number of hydrogen-bond acceptors (Lipinski definition) is 5. The largest absolute Gasteiger partial charge is 0.293 e. The number of thiazole rings is 1. The van der Waals surface area contributed by atoms with Gasteiger partial charge in [0, 0.05) is 11.5 Å². The Hall–Kier alpha value is -3.28. The number of Topliss-reactive ketones (excluding diaryl/α,β-unsaturated/α-hetero) is 1. The van der Waals surface area contributed by atoms with Crippen LogP contribution in [0.4, 0.5) is 0 Å². The molecule has 0 bridgehead atoms. The predicted molar refractivity (Wildman–Crippen MR) is 103 cm³/mol. The molecule has 0 spiro atoms. The van der Waals surface area contributed by atoms with Crippen molar-refractivity contribution in [3.63, 3.8) is 0 Å². The molecule has 1 heterocycles. The lowest BCUT2D eigenvalue weighted by Gasteiger charge is -1.98. The molecule has 0 radical (unpaired) electrons. The molecular formula is C22H15N3OS. The number of nitriles is 2. The normalized spacial score (nSPS) is 19.7. The second kappa shape index (κ2) is 6.46. The van der Waals surface area contributed by atoms with Gasteiger partial charge in [0.2, 0.25) is 0 Å². The summed E-state index contributed by atoms with van der Waals surface area (Å²) in [6, 6.07) is 23.2. The van der Waals surface area contributed by atoms with Gasteiger partial charge in [0.15, 0.2) is 11.2 Å². The van der Waals surface area contributed by atoms with E-state index in [0.29, 0.717) is 10.6 Å². The van der Waals surface area contributed by atoms with E-state index in [1.165, 1.54) is 11.3 Å². The number of ketones is 1. The Morgan fingerprint density at radius 2 is 1.63 bits per heavy atom. The highest BCUT2D eigenvalue weighted by molar-refractivity contribution is 7.17. The summed E-state index contributed by atoms with van der Waals surface area (Å²) in [6.07, 6.45) is 0. The van der Waals surface area contributed by atoms with Crippen molar-refractivity contribution in [1.82, 2.24) is 4.98 Å². The van der Waals surface area contributed by atoms with Crippen LogP contribution in [0, 0.1) is 40.9 Å². The Balaban J connectivity index is 1.72. The van der Waals surface area contributed by atoms with Gasteiger partial charge in [-0.25, -0.2) is 4.98 Å². The number of nitrogens with zero attached hydrogens (tertiary/aromatic N) is 3. The summed E-state index contributed by atoms with van der Waals surface area (Å²) in [4.78, 5) is 18.3. The van der Waals surface area contributed by atoms with E-state index in [4.69, 9.17) is 0 Å². The van der Waals surface area contributed by atoms with Gasteiger partial charge in [-0.2, -0.15) is 10.5 Å². The maximum atomic E-state index is 13.3. The molecule has 1 fully saturated rings. The molecule has 2 aromatic carbocycles. The molecule has 0 amide bonds. The molecule has 5 heteroatoms. The first-order valence-electron chi connectivity index (χ1n) is 8.57. The van der Waals surface area contributed by atoms with E-state index in [0.717, 1.165) is 16.1 Å². The molecule has 1 aliphatic rings. The van der Waals surface area contributed by atoms with E-state index < -0.39 is 17.3 Å². The van der Waals surface area contributed by atoms with E-state index in [2.05, 4.69) is 17.1 Å². The molecule has 0 unspecified atom stereocenters. The minimum Gasteiger partial charge on any atom is -0.293 e. The molecule has 4 nitrogen and oxygen atoms in total. The van der Waals surface area contributed by atoms with E-state index in [1.54, 1.807) is 6.92 Å². The molecule has 0 aliphatic heterocycles. The lowest BCUT2D eigenvalue weighted by molar-refractivity contribution is 0.0961. The highest BCUT2D eigenvalue weighted by Gasteiger charge is 2.70. The minimum atomic E-state index is -1.30. The van der Waals surface area contributed by atoms with Crippen molar-refractivity contribution in [1.29, 1.82) is 10.5 Å². The van der Waals surface area contributed by atoms with Gasteiger partial charge in [-0.05, 0) is 12.5 Å². The van der Waals surface area contributed by atoms with Crippen LogP contribution in [-0.2, 0) is 0 Å². The predicted octanol–water partition coefficient (Wildman–Crippen LogP) is 4.75. The zero-order valence-electron chi connectivity index (χ0n) is 14.6. The number of hydrogen-bond donors (Lipinski definition) is 0. The summed E-state index contributed by atoms with van der Waals surface area (Å²) in [5, 5.41) is 20.1. The highest BCUT2D eigenvalue weighted by Crippen LogP contribution is 2.65. The van der Waals surface area contributed by atoms with Gasteiger partial charge >= 0.3 is 0 Å². The standard InChI is InChI=1S/C22H15N3OS/c1-14-20(27-21(25-14)16-10-6-3-7-11-16)19(26)18-17(22(18,12-23)13-24)15-8-4-2-5-9-15/h2-11,17-18H,1H3/t17-,18+/m1/s1. The SMILES string of the molecule is Cc1nc(-c2ccccc2)sc1C(=O)[C@@H]1[C@@H](c2ccccc2)C1(C#N)C#N. The smallest absolute Gasteiger partial charge is 0.181 e. The quantitative estimate of drug-likeness (QED) is 0.622. The van der Waals surface area contributed by atoms with Crippen molar-refractivity contribution in [2.24, 2.45) is 11.3 Å². The third-order valence-electron chi connectivity index (χ3n) is 5.06. The van der Waals surface area contributed by atoms with Crippen LogP contribution in [0.5, 0.6) is 0 Å². The Labute approximate surface area is 161 Å². The van der Waals surface area contributed by atoms with Gasteiger partial charge in [-0.1, -0.05) is 60.7 Å². The van der Waals surface area contributed by atoms with Crippen LogP contribution in [0.2, 0.25) is 0 Å². The van der Waals surface area contributed by atoms with Crippen LogP contribution in [0.3, 0.4) is 0 Å². The summed E-state index contributed by atoms with van der Waals surface area (Å²) in [5.41, 5.74) is 1.14. The first-order chi connectivity index (χ1) is 13.1. The average molecular weight is 369 g/mol. The van der Waals surface area contributed by atoms with Crippen LogP contribution in [0.1, 0.15) is 26.8 Å². The second-order valence-corrected chi connectivity index (χ2v) is 7.62. The number of benzene rings is 2. The molecular weight excluding hydrogens is 354 g/mol. The first kappa shape index (κ1) is 17.1. The van der Waals surface area contributed by atoms with Gasteiger partial charge in [-0.15, -0.1) is 11.3 Å². The van der Waals surface area contributed by atoms with Crippen molar-refractivity contribution in [2.75, 3.05) is 0 Å². The van der Waals surface area contributed by atoms with E-state index >= 15 is 0 Å². The van der Waals surface area contributed by atoms with Gasteiger partial charge in [0.05, 0.1) is 28.6 Å². The molecule has 0 N–H and O–H groups in total. The fourth-order valence-electron chi connectivity index (χ4n) is 3.64. The third-order valence-corrected chi connectivity index (χ3v) is 6.28. The van der Waals surface area contributed by atoms with E-state index in [-0.39, 0.29) is 5.78 Å². The average Bonchev–Trinajstić information content (AvgIpc) is 3.25. The van der Waals surface area contributed by atoms with E-state index in [9.17, 15) is 15.3 Å². The summed E-state index contributed by atoms with van der Waals surface area (Å²) in [6.45, 7) is 1.80. The molecule has 2 atom stereocenters. The number of rotatable bonds is 4. The van der Waals surface area contributed by atoms with Gasteiger partial charge in [-0.3, -0.25) is 4.79 Å². The number of aryl methyl sites for hydroxylation is 1. The lowest BCUT2D eigenvalue weighted by Crippen LogP contribution is -2.08. The zero-order valence-corrected chi connectivity index (χ0v) is 15.4. The summed E-state index contributed by atoms with van der Waals surface area (Å²) in [7, 11) is 0. The van der Waals surface area contributed by atoms with Gasteiger partial charge < -0.3 is 0 Å². The maximum Gasteiger partial charge on any atom is 0.181 e. The minimum absolute atomic E-state index is 0.163. The van der Waals surface area contributed by atoms with Gasteiger partial charge in [0.1, 0.15) is 5.01 Å². The van der Waals surface area contributed by atoms with Gasteiger partial charge in [0.25, 0.3) is 0 Å². The number of aromatic nitrogens is 1. The third kappa shape index (κ3) is 2.65. The second-order valence-electron chi connectivity index (χ2n) is 6.62. The Bertz CT molecular complexity index is 1080. The summed E-state index contributed by atoms with van der Waals surface area (Å²) in [5.74, 6) is -1.22. The molecule has 0 saturated heterocycles. The van der Waals surface area contributed by atoms with Crippen LogP contribution in [-0.4, -0.2) is 10.8 Å². The van der Waals surface area contributed by atoms with Crippen LogP contribution < -0.4 is 0 Å². The molecule has 3 aromatic rings. The molecule has 1 aromatic heterocycles. The molecule has 130 valence electrons. The van der Waals surface area contributed by atoms with Crippen LogP contribution >= 0.6 is 11.3 Å². The number of carbonyl (C=O) groups excluding carboxylic acids is 1. The number of carbonyl (C=O) groups is 1. The zero-order chi connectivity index (χ0) is 19.0. The highest BCUT2D eigenvalue weighted by atomic mass is 32.1. The van der Waals surface area contributed by atoms with Crippen LogP contribution in [0.25, 0.3) is 10.6 Å². The fourth-order valence-corrected chi connectivity index (χ4v) is 4.69. The molecule has 1 saturated carbocycles. The topological polar surface area (TPSA) is 77.5 Å². The lowest BCUT2D eigenvalue weighted by atomic mass is 10.0. The summed E-state index contributed by atoms with van der Waals surface area (Å²) < 4.78 is 0. The van der Waals surface area contributed by atoms with Crippen molar-refractivity contribution >= 4 is 17.1 Å². The van der Waals surface area contributed by atoms with Crippen molar-refractivity contribution < 1.29 is 4.79 Å². The summed E-state index contributed by atoms with van der Waals surface area (Å²) >= 11 is 1.33. The van der Waals surface area contributed by atoms with Crippen molar-refractivity contribution in [2.45, 2.75) is 12.8 Å². The van der Waals surface area contributed by atoms with Crippen molar-refractivity contribution in [3.8, 4) is 22.7 Å². The van der Waals surface area contributed by atoms with E-state index in [1.807, 2.05) is 60.7 Å². The first-order valence-corrected chi connectivity index (χ1v) is 9.38. The van der Waals surface area contributed by atoms with Crippen LogP contribution in [0.15, 0.2) is 60.7 Å². The van der Waals surface area contributed by atoms with Crippen molar-refractivity contribution in [3.05, 3.63) is 76.8 Å². The Kier molecular flexibility index (Phi) is 4.11. The Morgan fingerprint density at radius 3 is 2.22 bits per heavy atom.